The fourth-order valence-electron chi connectivity index (χ4n) is 2.00. The first-order valence-electron chi connectivity index (χ1n) is 6.36. The largest absolute Gasteiger partial charge is 0.480 e. The van der Waals surface area contributed by atoms with Crippen molar-refractivity contribution in [3.63, 3.8) is 0 Å². The van der Waals surface area contributed by atoms with Crippen LogP contribution in [-0.2, 0) is 11.2 Å². The topological polar surface area (TPSA) is 104 Å². The van der Waals surface area contributed by atoms with Crippen LogP contribution in [0.25, 0.3) is 0 Å². The lowest BCUT2D eigenvalue weighted by molar-refractivity contribution is -0.143. The van der Waals surface area contributed by atoms with Crippen LogP contribution >= 0.6 is 0 Å². The van der Waals surface area contributed by atoms with Gasteiger partial charge in [-0.25, -0.2) is 0 Å². The van der Waals surface area contributed by atoms with Crippen molar-refractivity contribution in [2.75, 3.05) is 0 Å². The van der Waals surface area contributed by atoms with Gasteiger partial charge in [-0.05, 0) is 18.3 Å². The van der Waals surface area contributed by atoms with Gasteiger partial charge in [0.15, 0.2) is 0 Å². The predicted molar refractivity (Wildman–Crippen MR) is 73.5 cm³/mol. The Labute approximate surface area is 113 Å². The normalized spacial score (nSPS) is 13.8. The molecule has 0 aromatic heterocycles. The number of carboxylic acid groups (broad SMARTS) is 1. The van der Waals surface area contributed by atoms with E-state index < -0.39 is 18.6 Å². The van der Waals surface area contributed by atoms with Gasteiger partial charge in [-0.2, -0.15) is 0 Å². The summed E-state index contributed by atoms with van der Waals surface area (Å²) in [6.45, 7) is 0. The first-order chi connectivity index (χ1) is 8.94. The molecule has 19 heavy (non-hydrogen) atoms. The summed E-state index contributed by atoms with van der Waals surface area (Å²) in [5.74, 6) is -1.03. The summed E-state index contributed by atoms with van der Waals surface area (Å²) in [5, 5.41) is 26.7. The summed E-state index contributed by atoms with van der Waals surface area (Å²) in [6.07, 6.45) is 1.90. The summed E-state index contributed by atoms with van der Waals surface area (Å²) in [5.41, 5.74) is 5.55. The molecule has 0 bridgehead atoms. The molecule has 0 saturated heterocycles. The van der Waals surface area contributed by atoms with Crippen molar-refractivity contribution in [2.45, 2.75) is 37.5 Å². The highest BCUT2D eigenvalue weighted by molar-refractivity contribution is 6.40. The van der Waals surface area contributed by atoms with Gasteiger partial charge in [-0.15, -0.1) is 0 Å². The van der Waals surface area contributed by atoms with Crippen molar-refractivity contribution in [3.05, 3.63) is 35.9 Å². The standard InChI is InChI=1S/C13H20BNO4/c15-13(12(16)17,8-4-5-9-14(18)19)10-11-6-2-1-3-7-11/h1-3,6-7,18-19H,4-5,8-10,15H2,(H,16,17). The van der Waals surface area contributed by atoms with E-state index in [0.29, 0.717) is 19.3 Å². The number of carbonyl (C=O) groups is 1. The molecule has 0 amide bonds. The minimum absolute atomic E-state index is 0.237. The second-order valence-corrected chi connectivity index (χ2v) is 4.85. The second-order valence-electron chi connectivity index (χ2n) is 4.85. The zero-order chi connectivity index (χ0) is 14.3. The van der Waals surface area contributed by atoms with Crippen LogP contribution in [0.3, 0.4) is 0 Å². The highest BCUT2D eigenvalue weighted by atomic mass is 16.4. The molecule has 0 spiro atoms. The van der Waals surface area contributed by atoms with Crippen molar-refractivity contribution in [1.82, 2.24) is 0 Å². The van der Waals surface area contributed by atoms with Crippen LogP contribution in [0.2, 0.25) is 6.32 Å². The van der Waals surface area contributed by atoms with Crippen molar-refractivity contribution in [2.24, 2.45) is 5.73 Å². The minimum Gasteiger partial charge on any atom is -0.480 e. The number of unbranched alkanes of at least 4 members (excludes halogenated alkanes) is 1. The number of aliphatic carboxylic acids is 1. The van der Waals surface area contributed by atoms with E-state index in [2.05, 4.69) is 0 Å². The van der Waals surface area contributed by atoms with Crippen LogP contribution < -0.4 is 5.73 Å². The molecule has 0 aliphatic heterocycles. The third kappa shape index (κ3) is 5.42. The van der Waals surface area contributed by atoms with Gasteiger partial charge in [0.25, 0.3) is 0 Å². The van der Waals surface area contributed by atoms with Crippen LogP contribution in [0.1, 0.15) is 24.8 Å². The SMILES string of the molecule is NC(CCCCB(O)O)(Cc1ccccc1)C(=O)O. The molecule has 0 aliphatic carbocycles. The van der Waals surface area contributed by atoms with Gasteiger partial charge in [0.05, 0.1) is 0 Å². The van der Waals surface area contributed by atoms with Crippen molar-refractivity contribution in [1.29, 1.82) is 0 Å². The van der Waals surface area contributed by atoms with Gasteiger partial charge in [-0.3, -0.25) is 4.79 Å². The number of rotatable bonds is 8. The number of hydrogen-bond acceptors (Lipinski definition) is 4. The van der Waals surface area contributed by atoms with Crippen LogP contribution in [0.15, 0.2) is 30.3 Å². The first kappa shape index (κ1) is 15.7. The van der Waals surface area contributed by atoms with E-state index in [1.807, 2.05) is 30.3 Å². The Hall–Kier alpha value is -1.37. The molecule has 0 saturated carbocycles. The average Bonchev–Trinajstić information content (AvgIpc) is 2.35. The fourth-order valence-corrected chi connectivity index (χ4v) is 2.00. The molecule has 5 N–H and O–H groups in total. The van der Waals surface area contributed by atoms with E-state index in [9.17, 15) is 9.90 Å². The summed E-state index contributed by atoms with van der Waals surface area (Å²) in [6, 6.07) is 9.26. The Morgan fingerprint density at radius 2 is 1.84 bits per heavy atom. The zero-order valence-corrected chi connectivity index (χ0v) is 10.8. The van der Waals surface area contributed by atoms with Gasteiger partial charge in [0.1, 0.15) is 5.54 Å². The van der Waals surface area contributed by atoms with E-state index >= 15 is 0 Å². The maximum Gasteiger partial charge on any atom is 0.451 e. The lowest BCUT2D eigenvalue weighted by Gasteiger charge is -2.24. The van der Waals surface area contributed by atoms with Crippen LogP contribution in [-0.4, -0.2) is 33.8 Å². The maximum atomic E-state index is 11.3. The molecule has 1 atom stereocenters. The fraction of sp³-hybridized carbons (Fsp3) is 0.462. The van der Waals surface area contributed by atoms with Crippen molar-refractivity contribution < 1.29 is 19.9 Å². The average molecular weight is 265 g/mol. The first-order valence-corrected chi connectivity index (χ1v) is 6.36. The van der Waals surface area contributed by atoms with Gasteiger partial charge in [0, 0.05) is 6.42 Å². The molecule has 5 nitrogen and oxygen atoms in total. The van der Waals surface area contributed by atoms with E-state index in [4.69, 9.17) is 15.8 Å². The Morgan fingerprint density at radius 3 is 2.37 bits per heavy atom. The van der Waals surface area contributed by atoms with Gasteiger partial charge < -0.3 is 20.9 Å². The molecule has 6 heteroatoms. The third-order valence-corrected chi connectivity index (χ3v) is 3.12. The Bertz CT molecular complexity index is 399. The molecule has 1 rings (SSSR count). The lowest BCUT2D eigenvalue weighted by Crippen LogP contribution is -2.49. The summed E-state index contributed by atoms with van der Waals surface area (Å²) >= 11 is 0. The van der Waals surface area contributed by atoms with E-state index in [1.165, 1.54) is 0 Å². The predicted octanol–water partition coefficient (Wildman–Crippen LogP) is 0.654. The van der Waals surface area contributed by atoms with Gasteiger partial charge >= 0.3 is 13.1 Å². The summed E-state index contributed by atoms with van der Waals surface area (Å²) < 4.78 is 0. The van der Waals surface area contributed by atoms with Crippen molar-refractivity contribution >= 4 is 13.1 Å². The Morgan fingerprint density at radius 1 is 1.21 bits per heavy atom. The smallest absolute Gasteiger partial charge is 0.451 e. The molecule has 1 unspecified atom stereocenters. The van der Waals surface area contributed by atoms with E-state index in [0.717, 1.165) is 5.56 Å². The highest BCUT2D eigenvalue weighted by Crippen LogP contribution is 2.19. The Balaban J connectivity index is 2.57. The number of nitrogens with two attached hydrogens (primary N) is 1. The summed E-state index contributed by atoms with van der Waals surface area (Å²) in [7, 11) is -1.34. The van der Waals surface area contributed by atoms with E-state index in [1.54, 1.807) is 0 Å². The monoisotopic (exact) mass is 265 g/mol. The number of hydrogen-bond donors (Lipinski definition) is 4. The summed E-state index contributed by atoms with van der Waals surface area (Å²) in [4.78, 5) is 11.3. The van der Waals surface area contributed by atoms with Crippen LogP contribution in [0.5, 0.6) is 0 Å². The maximum absolute atomic E-state index is 11.3. The highest BCUT2D eigenvalue weighted by Gasteiger charge is 2.33. The molecular weight excluding hydrogens is 245 g/mol. The van der Waals surface area contributed by atoms with Gasteiger partial charge in [-0.1, -0.05) is 43.2 Å². The molecular formula is C13H20BNO4. The lowest BCUT2D eigenvalue weighted by atomic mass is 9.81. The molecule has 0 heterocycles. The molecule has 1 aromatic rings. The quantitative estimate of drug-likeness (QED) is 0.408. The van der Waals surface area contributed by atoms with Crippen molar-refractivity contribution in [3.8, 4) is 0 Å². The van der Waals surface area contributed by atoms with Crippen LogP contribution in [0.4, 0.5) is 0 Å². The molecule has 0 radical (unpaired) electrons. The third-order valence-electron chi connectivity index (χ3n) is 3.12. The zero-order valence-electron chi connectivity index (χ0n) is 10.8. The molecule has 0 fully saturated rings. The molecule has 1 aromatic carbocycles. The van der Waals surface area contributed by atoms with Gasteiger partial charge in [0.2, 0.25) is 0 Å². The Kier molecular flexibility index (Phi) is 6.01. The second kappa shape index (κ2) is 7.28. The number of benzene rings is 1. The number of carboxylic acids is 1. The van der Waals surface area contributed by atoms with E-state index in [-0.39, 0.29) is 12.7 Å². The molecule has 0 aliphatic rings. The molecule has 104 valence electrons. The van der Waals surface area contributed by atoms with Crippen LogP contribution in [0, 0.1) is 0 Å². The minimum atomic E-state index is -1.34.